The molecule has 0 aliphatic rings. The Kier molecular flexibility index (Phi) is 36.9. The van der Waals surface area contributed by atoms with Gasteiger partial charge in [-0.25, -0.2) is 4.57 Å². The van der Waals surface area contributed by atoms with Crippen LogP contribution in [0, 0.1) is 0 Å². The van der Waals surface area contributed by atoms with Gasteiger partial charge >= 0.3 is 19.8 Å². The molecule has 10 heteroatoms. The third-order valence-electron chi connectivity index (χ3n) is 8.30. The van der Waals surface area contributed by atoms with E-state index in [9.17, 15) is 19.0 Å². The highest BCUT2D eigenvalue weighted by Gasteiger charge is 2.27. The second-order valence-corrected chi connectivity index (χ2v) is 16.4. The minimum Gasteiger partial charge on any atom is -0.462 e. The van der Waals surface area contributed by atoms with Crippen LogP contribution in [0.3, 0.4) is 0 Å². The van der Waals surface area contributed by atoms with Crippen molar-refractivity contribution in [2.45, 2.75) is 136 Å². The molecular weight excluding hydrogens is 750 g/mol. The van der Waals surface area contributed by atoms with E-state index in [2.05, 4.69) is 123 Å². The molecule has 0 amide bonds. The first kappa shape index (κ1) is 54.7. The van der Waals surface area contributed by atoms with Gasteiger partial charge in [-0.1, -0.05) is 130 Å². The van der Waals surface area contributed by atoms with Crippen LogP contribution in [0.5, 0.6) is 0 Å². The smallest absolute Gasteiger partial charge is 0.462 e. The van der Waals surface area contributed by atoms with E-state index >= 15 is 0 Å². The van der Waals surface area contributed by atoms with Crippen molar-refractivity contribution in [3.8, 4) is 0 Å². The predicted octanol–water partition coefficient (Wildman–Crippen LogP) is 12.3. The summed E-state index contributed by atoms with van der Waals surface area (Å²) in [6, 6.07) is 0. The first-order valence-corrected chi connectivity index (χ1v) is 23.1. The van der Waals surface area contributed by atoms with Gasteiger partial charge in [0.15, 0.2) is 6.10 Å². The van der Waals surface area contributed by atoms with Crippen LogP contribution in [-0.4, -0.2) is 74.9 Å². The fraction of sp³-hybridized carbons (Fsp3) is 0.583. The van der Waals surface area contributed by atoms with Crippen LogP contribution in [-0.2, 0) is 32.7 Å². The van der Waals surface area contributed by atoms with Crippen LogP contribution < -0.4 is 0 Å². The van der Waals surface area contributed by atoms with Gasteiger partial charge in [-0.2, -0.15) is 0 Å². The Hall–Kier alpha value is -3.33. The summed E-state index contributed by atoms with van der Waals surface area (Å²) in [5, 5.41) is 0. The molecular formula is C48H79NO8P+. The summed E-state index contributed by atoms with van der Waals surface area (Å²) < 4.78 is 34.2. The Labute approximate surface area is 353 Å². The van der Waals surface area contributed by atoms with Gasteiger partial charge in [0.1, 0.15) is 19.8 Å². The highest BCUT2D eigenvalue weighted by molar-refractivity contribution is 7.47. The Morgan fingerprint density at radius 2 is 0.931 bits per heavy atom. The predicted molar refractivity (Wildman–Crippen MR) is 242 cm³/mol. The van der Waals surface area contributed by atoms with Crippen molar-refractivity contribution in [1.29, 1.82) is 0 Å². The van der Waals surface area contributed by atoms with E-state index in [0.717, 1.165) is 89.9 Å². The van der Waals surface area contributed by atoms with Crippen LogP contribution in [0.15, 0.2) is 109 Å². The summed E-state index contributed by atoms with van der Waals surface area (Å²) in [5.74, 6) is -0.899. The molecule has 0 bridgehead atoms. The zero-order chi connectivity index (χ0) is 42.8. The molecule has 0 aliphatic heterocycles. The van der Waals surface area contributed by atoms with Crippen molar-refractivity contribution in [3.63, 3.8) is 0 Å². The van der Waals surface area contributed by atoms with Gasteiger partial charge in [0.2, 0.25) is 0 Å². The number of unbranched alkanes of at least 4 members (excludes halogenated alkanes) is 5. The first-order valence-electron chi connectivity index (χ1n) is 21.6. The molecule has 0 radical (unpaired) electrons. The van der Waals surface area contributed by atoms with E-state index in [1.54, 1.807) is 0 Å². The van der Waals surface area contributed by atoms with Crippen LogP contribution >= 0.6 is 7.82 Å². The molecule has 0 aliphatic carbocycles. The lowest BCUT2D eigenvalue weighted by Gasteiger charge is -2.24. The number of esters is 2. The monoisotopic (exact) mass is 829 g/mol. The van der Waals surface area contributed by atoms with Crippen LogP contribution in [0.4, 0.5) is 0 Å². The van der Waals surface area contributed by atoms with Gasteiger partial charge in [-0.15, -0.1) is 0 Å². The summed E-state index contributed by atoms with van der Waals surface area (Å²) in [6.45, 7) is 4.07. The Morgan fingerprint density at radius 1 is 0.534 bits per heavy atom. The van der Waals surface area contributed by atoms with Gasteiger partial charge < -0.3 is 18.9 Å². The molecule has 0 rings (SSSR count). The summed E-state index contributed by atoms with van der Waals surface area (Å²) in [4.78, 5) is 35.3. The lowest BCUT2D eigenvalue weighted by molar-refractivity contribution is -0.870. The molecule has 9 nitrogen and oxygen atoms in total. The standard InChI is InChI=1S/C48H78NO8P/c1-6-8-10-12-14-16-18-20-21-22-23-24-25-26-27-29-31-33-35-37-39-41-48(51)57-46(45-56-58(52,53)55-43-42-49(3,4)5)44-54-47(50)40-38-36-34-32-30-28-19-17-15-13-11-9-7-2/h8-11,14-17,20-21,23-24,26-28,30-31,33,46H,6-7,12-13,18-19,22,25,29,32,34-45H2,1-5H3/p+1/b10-8-,11-9-,16-14-,17-15-,21-20-,24-23-,27-26-,30-28-,33-31-. The van der Waals surface area contributed by atoms with Gasteiger partial charge in [0, 0.05) is 12.8 Å². The van der Waals surface area contributed by atoms with E-state index in [1.807, 2.05) is 21.1 Å². The summed E-state index contributed by atoms with van der Waals surface area (Å²) in [6.07, 6.45) is 52.9. The average Bonchev–Trinajstić information content (AvgIpc) is 3.17. The fourth-order valence-electron chi connectivity index (χ4n) is 4.97. The average molecular weight is 829 g/mol. The third kappa shape index (κ3) is 42.3. The maximum absolute atomic E-state index is 12.7. The molecule has 2 atom stereocenters. The van der Waals surface area contributed by atoms with Crippen molar-refractivity contribution in [2.24, 2.45) is 0 Å². The zero-order valence-electron chi connectivity index (χ0n) is 36.7. The molecule has 0 heterocycles. The van der Waals surface area contributed by atoms with Crippen LogP contribution in [0.2, 0.25) is 0 Å². The van der Waals surface area contributed by atoms with Crippen molar-refractivity contribution < 1.29 is 42.1 Å². The largest absolute Gasteiger partial charge is 0.472 e. The third-order valence-corrected chi connectivity index (χ3v) is 9.28. The molecule has 0 spiro atoms. The topological polar surface area (TPSA) is 108 Å². The maximum Gasteiger partial charge on any atom is 0.472 e. The molecule has 0 saturated carbocycles. The number of phosphoric ester groups is 1. The first-order chi connectivity index (χ1) is 28.0. The minimum atomic E-state index is -4.40. The number of hydrogen-bond acceptors (Lipinski definition) is 7. The molecule has 0 aromatic carbocycles. The fourth-order valence-corrected chi connectivity index (χ4v) is 5.71. The molecule has 0 aromatic heterocycles. The highest BCUT2D eigenvalue weighted by atomic mass is 31.2. The van der Waals surface area contributed by atoms with Crippen molar-refractivity contribution in [3.05, 3.63) is 109 Å². The molecule has 0 saturated heterocycles. The summed E-state index contributed by atoms with van der Waals surface area (Å²) >= 11 is 0. The van der Waals surface area contributed by atoms with Crippen LogP contribution in [0.1, 0.15) is 129 Å². The normalized spacial score (nSPS) is 14.7. The maximum atomic E-state index is 12.7. The van der Waals surface area contributed by atoms with Gasteiger partial charge in [-0.05, 0) is 96.3 Å². The number of carbonyl (C=O) groups is 2. The lowest BCUT2D eigenvalue weighted by Crippen LogP contribution is -2.37. The van der Waals surface area contributed by atoms with Crippen molar-refractivity contribution in [2.75, 3.05) is 47.5 Å². The number of phosphoric acid groups is 1. The SMILES string of the molecule is CC/C=C\C/C=C\C/C=C\C/C=C\C/C=C\C/C=C\CCCCC(=O)OC(COC(=O)CCCCC/C=C\C/C=C\C/C=C\CC)COP(=O)(O)OCC[N+](C)(C)C. The van der Waals surface area contributed by atoms with Crippen molar-refractivity contribution in [1.82, 2.24) is 0 Å². The van der Waals surface area contributed by atoms with Crippen molar-refractivity contribution >= 4 is 19.8 Å². The molecule has 1 N–H and O–H groups in total. The Morgan fingerprint density at radius 3 is 1.38 bits per heavy atom. The molecule has 0 fully saturated rings. The Bertz CT molecular complexity index is 1350. The van der Waals surface area contributed by atoms with Gasteiger partial charge in [-0.3, -0.25) is 18.6 Å². The number of nitrogens with zero attached hydrogens (tertiary/aromatic N) is 1. The number of hydrogen-bond donors (Lipinski definition) is 1. The Balaban J connectivity index is 4.52. The van der Waals surface area contributed by atoms with E-state index in [4.69, 9.17) is 18.5 Å². The van der Waals surface area contributed by atoms with E-state index in [0.29, 0.717) is 23.9 Å². The molecule has 2 unspecified atom stereocenters. The van der Waals surface area contributed by atoms with Gasteiger partial charge in [0.25, 0.3) is 0 Å². The zero-order valence-corrected chi connectivity index (χ0v) is 37.6. The second kappa shape index (κ2) is 39.1. The molecule has 0 aromatic rings. The van der Waals surface area contributed by atoms with E-state index < -0.39 is 32.5 Å². The lowest BCUT2D eigenvalue weighted by atomic mass is 10.1. The number of rotatable bonds is 37. The second-order valence-electron chi connectivity index (χ2n) is 15.0. The number of quaternary nitrogens is 1. The van der Waals surface area contributed by atoms with E-state index in [-0.39, 0.29) is 26.1 Å². The number of likely N-dealkylation sites (N-methyl/N-ethyl adjacent to an activating group) is 1. The van der Waals surface area contributed by atoms with Gasteiger partial charge in [0.05, 0.1) is 27.7 Å². The van der Waals surface area contributed by atoms with E-state index in [1.165, 1.54) is 0 Å². The summed E-state index contributed by atoms with van der Waals surface area (Å²) in [7, 11) is 1.41. The molecule has 58 heavy (non-hydrogen) atoms. The van der Waals surface area contributed by atoms with Crippen LogP contribution in [0.25, 0.3) is 0 Å². The number of ether oxygens (including phenoxy) is 2. The number of allylic oxidation sites excluding steroid dienone is 18. The summed E-state index contributed by atoms with van der Waals surface area (Å²) in [5.41, 5.74) is 0. The highest BCUT2D eigenvalue weighted by Crippen LogP contribution is 2.43. The number of carbonyl (C=O) groups excluding carboxylic acids is 2. The minimum absolute atomic E-state index is 0.0112. The quantitative estimate of drug-likeness (QED) is 0.0217. The molecule has 328 valence electrons.